The van der Waals surface area contributed by atoms with E-state index in [1.54, 1.807) is 12.1 Å². The molecule has 0 radical (unpaired) electrons. The Bertz CT molecular complexity index is 779. The van der Waals surface area contributed by atoms with E-state index in [1.807, 2.05) is 35.7 Å². The molecule has 2 nitrogen and oxygen atoms in total. The molecule has 1 aliphatic rings. The van der Waals surface area contributed by atoms with Gasteiger partial charge in [0.05, 0.1) is 5.56 Å². The molecule has 0 saturated heterocycles. The minimum atomic E-state index is -0.892. The van der Waals surface area contributed by atoms with Gasteiger partial charge in [-0.15, -0.1) is 23.5 Å². The highest BCUT2D eigenvalue weighted by Crippen LogP contribution is 2.38. The quantitative estimate of drug-likeness (QED) is 0.707. The number of carboxylic acids is 1. The SMILES string of the molecule is C/C(=C\c1ccc(C(=O)O)cc1)c1ccc2c(c1)SCC(C)CS2. The van der Waals surface area contributed by atoms with Gasteiger partial charge in [-0.3, -0.25) is 0 Å². The standard InChI is InChI=1S/C20H20O2S2/c1-13-11-23-18-8-7-17(10-19(18)24-12-13)14(2)9-15-3-5-16(6-4-15)20(21)22/h3-10,13H,11-12H2,1-2H3,(H,21,22)/b14-9+. The van der Waals surface area contributed by atoms with Crippen molar-refractivity contribution in [2.45, 2.75) is 23.6 Å². The summed E-state index contributed by atoms with van der Waals surface area (Å²) in [6.07, 6.45) is 2.10. The molecule has 1 unspecified atom stereocenters. The zero-order valence-electron chi connectivity index (χ0n) is 13.8. The Hall–Kier alpha value is -1.65. The van der Waals surface area contributed by atoms with Crippen LogP contribution in [0.5, 0.6) is 0 Å². The molecule has 0 aliphatic carbocycles. The van der Waals surface area contributed by atoms with E-state index in [0.717, 1.165) is 11.5 Å². The van der Waals surface area contributed by atoms with E-state index in [2.05, 4.69) is 38.1 Å². The number of carboxylic acid groups (broad SMARTS) is 1. The number of aromatic carboxylic acids is 1. The maximum Gasteiger partial charge on any atom is 0.335 e. The molecule has 24 heavy (non-hydrogen) atoms. The number of rotatable bonds is 3. The number of fused-ring (bicyclic) bond motifs is 1. The number of benzene rings is 2. The van der Waals surface area contributed by atoms with Crippen LogP contribution < -0.4 is 0 Å². The lowest BCUT2D eigenvalue weighted by Gasteiger charge is -2.08. The number of thioether (sulfide) groups is 2. The normalized spacial score (nSPS) is 17.9. The third-order valence-corrected chi connectivity index (χ3v) is 6.90. The first kappa shape index (κ1) is 17.2. The fraction of sp³-hybridized carbons (Fsp3) is 0.250. The predicted molar refractivity (Wildman–Crippen MR) is 104 cm³/mol. The van der Waals surface area contributed by atoms with Crippen molar-refractivity contribution in [2.75, 3.05) is 11.5 Å². The second kappa shape index (κ2) is 7.49. The molecular formula is C20H20O2S2. The average Bonchev–Trinajstić information content (AvgIpc) is 2.77. The predicted octanol–water partition coefficient (Wildman–Crippen LogP) is 5.78. The molecule has 1 atom stereocenters. The van der Waals surface area contributed by atoms with Gasteiger partial charge in [-0.2, -0.15) is 0 Å². The van der Waals surface area contributed by atoms with Crippen LogP contribution in [0.25, 0.3) is 11.6 Å². The molecule has 0 saturated carbocycles. The van der Waals surface area contributed by atoms with Gasteiger partial charge in [0.1, 0.15) is 0 Å². The maximum absolute atomic E-state index is 10.9. The van der Waals surface area contributed by atoms with Crippen molar-refractivity contribution in [3.63, 3.8) is 0 Å². The first-order chi connectivity index (χ1) is 11.5. The Kier molecular flexibility index (Phi) is 5.36. The summed E-state index contributed by atoms with van der Waals surface area (Å²) < 4.78 is 0. The summed E-state index contributed by atoms with van der Waals surface area (Å²) in [5.41, 5.74) is 3.74. The topological polar surface area (TPSA) is 37.3 Å². The third-order valence-electron chi connectivity index (χ3n) is 3.99. The lowest BCUT2D eigenvalue weighted by molar-refractivity contribution is 0.0697. The molecule has 3 rings (SSSR count). The summed E-state index contributed by atoms with van der Waals surface area (Å²) in [6.45, 7) is 4.41. The Labute approximate surface area is 151 Å². The summed E-state index contributed by atoms with van der Waals surface area (Å²) in [5, 5.41) is 8.97. The van der Waals surface area contributed by atoms with E-state index < -0.39 is 5.97 Å². The van der Waals surface area contributed by atoms with Crippen molar-refractivity contribution in [1.29, 1.82) is 0 Å². The van der Waals surface area contributed by atoms with Crippen LogP contribution in [0.2, 0.25) is 0 Å². The molecule has 1 N–H and O–H groups in total. The highest BCUT2D eigenvalue weighted by Gasteiger charge is 2.14. The second-order valence-corrected chi connectivity index (χ2v) is 8.27. The van der Waals surface area contributed by atoms with Gasteiger partial charge in [0, 0.05) is 21.3 Å². The average molecular weight is 357 g/mol. The molecule has 0 aromatic heterocycles. The second-order valence-electron chi connectivity index (χ2n) is 6.14. The van der Waals surface area contributed by atoms with E-state index in [1.165, 1.54) is 32.4 Å². The molecule has 0 fully saturated rings. The highest BCUT2D eigenvalue weighted by atomic mass is 32.2. The fourth-order valence-electron chi connectivity index (χ4n) is 2.55. The Balaban J connectivity index is 1.84. The van der Waals surface area contributed by atoms with Gasteiger partial charge in [-0.05, 0) is 53.8 Å². The lowest BCUT2D eigenvalue weighted by atomic mass is 10.0. The van der Waals surface area contributed by atoms with Gasteiger partial charge < -0.3 is 5.11 Å². The van der Waals surface area contributed by atoms with Crippen molar-refractivity contribution < 1.29 is 9.90 Å². The molecule has 4 heteroatoms. The van der Waals surface area contributed by atoms with E-state index >= 15 is 0 Å². The van der Waals surface area contributed by atoms with Crippen LogP contribution >= 0.6 is 23.5 Å². The van der Waals surface area contributed by atoms with Crippen LogP contribution in [0, 0.1) is 5.92 Å². The number of hydrogen-bond acceptors (Lipinski definition) is 3. The van der Waals surface area contributed by atoms with Crippen LogP contribution in [-0.2, 0) is 0 Å². The Morgan fingerprint density at radius 2 is 1.67 bits per heavy atom. The fourth-order valence-corrected chi connectivity index (χ4v) is 5.01. The molecule has 0 spiro atoms. The summed E-state index contributed by atoms with van der Waals surface area (Å²) in [4.78, 5) is 13.7. The van der Waals surface area contributed by atoms with Crippen LogP contribution in [0.15, 0.2) is 52.3 Å². The van der Waals surface area contributed by atoms with E-state index in [4.69, 9.17) is 5.11 Å². The largest absolute Gasteiger partial charge is 0.478 e. The summed E-state index contributed by atoms with van der Waals surface area (Å²) >= 11 is 3.90. The zero-order chi connectivity index (χ0) is 17.1. The number of carbonyl (C=O) groups is 1. The molecule has 1 heterocycles. The van der Waals surface area contributed by atoms with Gasteiger partial charge in [-0.25, -0.2) is 4.79 Å². The Morgan fingerprint density at radius 1 is 1.04 bits per heavy atom. The number of hydrogen-bond donors (Lipinski definition) is 1. The molecule has 2 aromatic carbocycles. The molecule has 0 bridgehead atoms. The van der Waals surface area contributed by atoms with Crippen LogP contribution in [0.4, 0.5) is 0 Å². The minimum Gasteiger partial charge on any atom is -0.478 e. The summed E-state index contributed by atoms with van der Waals surface area (Å²) in [6, 6.07) is 13.7. The van der Waals surface area contributed by atoms with Gasteiger partial charge >= 0.3 is 5.97 Å². The summed E-state index contributed by atoms with van der Waals surface area (Å²) in [7, 11) is 0. The van der Waals surface area contributed by atoms with Gasteiger partial charge in [0.25, 0.3) is 0 Å². The number of allylic oxidation sites excluding steroid dienone is 1. The first-order valence-corrected chi connectivity index (χ1v) is 9.92. The lowest BCUT2D eigenvalue weighted by Crippen LogP contribution is -1.98. The minimum absolute atomic E-state index is 0.317. The van der Waals surface area contributed by atoms with Gasteiger partial charge in [0.15, 0.2) is 0 Å². The van der Waals surface area contributed by atoms with Crippen molar-refractivity contribution in [3.8, 4) is 0 Å². The van der Waals surface area contributed by atoms with Gasteiger partial charge in [0.2, 0.25) is 0 Å². The molecule has 2 aromatic rings. The molecule has 0 amide bonds. The van der Waals surface area contributed by atoms with Crippen molar-refractivity contribution in [3.05, 3.63) is 59.2 Å². The van der Waals surface area contributed by atoms with Crippen LogP contribution in [-0.4, -0.2) is 22.6 Å². The van der Waals surface area contributed by atoms with E-state index in [0.29, 0.717) is 5.56 Å². The smallest absolute Gasteiger partial charge is 0.335 e. The third kappa shape index (κ3) is 4.05. The van der Waals surface area contributed by atoms with Crippen molar-refractivity contribution in [2.24, 2.45) is 5.92 Å². The molecule has 1 aliphatic heterocycles. The Morgan fingerprint density at radius 3 is 2.33 bits per heavy atom. The first-order valence-electron chi connectivity index (χ1n) is 7.94. The zero-order valence-corrected chi connectivity index (χ0v) is 15.4. The summed E-state index contributed by atoms with van der Waals surface area (Å²) in [5.74, 6) is 2.20. The molecule has 124 valence electrons. The van der Waals surface area contributed by atoms with Crippen molar-refractivity contribution in [1.82, 2.24) is 0 Å². The maximum atomic E-state index is 10.9. The van der Waals surface area contributed by atoms with Crippen molar-refractivity contribution >= 4 is 41.1 Å². The van der Waals surface area contributed by atoms with Crippen LogP contribution in [0.1, 0.15) is 35.3 Å². The monoisotopic (exact) mass is 356 g/mol. The van der Waals surface area contributed by atoms with E-state index in [9.17, 15) is 4.79 Å². The molecular weight excluding hydrogens is 336 g/mol. The van der Waals surface area contributed by atoms with Crippen LogP contribution in [0.3, 0.4) is 0 Å². The van der Waals surface area contributed by atoms with E-state index in [-0.39, 0.29) is 0 Å². The highest BCUT2D eigenvalue weighted by molar-refractivity contribution is 8.03. The van der Waals surface area contributed by atoms with Gasteiger partial charge in [-0.1, -0.05) is 31.2 Å².